The van der Waals surface area contributed by atoms with E-state index in [-0.39, 0.29) is 0 Å². The quantitative estimate of drug-likeness (QED) is 0.725. The maximum Gasteiger partial charge on any atom is 0.280 e. The molecule has 0 amide bonds. The van der Waals surface area contributed by atoms with E-state index in [1.165, 1.54) is 4.31 Å². The highest BCUT2D eigenvalue weighted by molar-refractivity contribution is 7.87. The van der Waals surface area contributed by atoms with Crippen LogP contribution in [0.2, 0.25) is 0 Å². The first-order valence-electron chi connectivity index (χ1n) is 5.18. The van der Waals surface area contributed by atoms with Gasteiger partial charge in [-0.3, -0.25) is 0 Å². The lowest BCUT2D eigenvalue weighted by Crippen LogP contribution is -2.54. The van der Waals surface area contributed by atoms with E-state index in [0.29, 0.717) is 13.1 Å². The Labute approximate surface area is 92.6 Å². The molecule has 0 bridgehead atoms. The van der Waals surface area contributed by atoms with E-state index < -0.39 is 15.7 Å². The van der Waals surface area contributed by atoms with Gasteiger partial charge >= 0.3 is 0 Å². The van der Waals surface area contributed by atoms with Gasteiger partial charge in [0.25, 0.3) is 10.2 Å². The number of hydrogen-bond donors (Lipinski definition) is 1. The molecule has 1 heterocycles. The Morgan fingerprint density at radius 2 is 1.53 bits per heavy atom. The van der Waals surface area contributed by atoms with Crippen LogP contribution in [0.3, 0.4) is 0 Å². The molecule has 15 heavy (non-hydrogen) atoms. The minimum atomic E-state index is -3.31. The second-order valence-corrected chi connectivity index (χ2v) is 6.73. The summed E-state index contributed by atoms with van der Waals surface area (Å²) in [5.41, 5.74) is -0.415. The third-order valence-electron chi connectivity index (χ3n) is 2.24. The van der Waals surface area contributed by atoms with Crippen molar-refractivity contribution in [2.45, 2.75) is 26.3 Å². The Bertz CT molecular complexity index is 300. The first-order chi connectivity index (χ1) is 6.71. The van der Waals surface area contributed by atoms with Gasteiger partial charge in [0.1, 0.15) is 0 Å². The van der Waals surface area contributed by atoms with Gasteiger partial charge in [-0.05, 0) is 27.8 Å². The third kappa shape index (κ3) is 4.06. The Balaban J connectivity index is 2.63. The van der Waals surface area contributed by atoms with Gasteiger partial charge < -0.3 is 4.90 Å². The summed E-state index contributed by atoms with van der Waals surface area (Å²) in [4.78, 5) is 2.13. The molecular formula is C9H21N3O2S. The van der Waals surface area contributed by atoms with Crippen molar-refractivity contribution >= 4 is 10.2 Å². The molecule has 6 heteroatoms. The Hall–Kier alpha value is -0.170. The molecule has 1 aliphatic heterocycles. The number of likely N-dealkylation sites (N-methyl/N-ethyl adjacent to an activating group) is 1. The smallest absolute Gasteiger partial charge is 0.280 e. The first kappa shape index (κ1) is 12.9. The van der Waals surface area contributed by atoms with Crippen LogP contribution in [0.15, 0.2) is 0 Å². The van der Waals surface area contributed by atoms with Crippen LogP contribution in [-0.2, 0) is 10.2 Å². The Kier molecular flexibility index (Phi) is 3.76. The van der Waals surface area contributed by atoms with E-state index in [9.17, 15) is 8.42 Å². The largest absolute Gasteiger partial charge is 0.304 e. The second-order valence-electron chi connectivity index (χ2n) is 5.06. The average molecular weight is 235 g/mol. The average Bonchev–Trinajstić information content (AvgIpc) is 2.00. The van der Waals surface area contributed by atoms with Crippen LogP contribution in [0.5, 0.6) is 0 Å². The molecule has 0 radical (unpaired) electrons. The molecule has 1 saturated heterocycles. The first-order valence-corrected chi connectivity index (χ1v) is 6.62. The molecule has 0 aromatic heterocycles. The minimum absolute atomic E-state index is 0.415. The molecule has 1 aliphatic rings. The van der Waals surface area contributed by atoms with Crippen molar-refractivity contribution in [3.63, 3.8) is 0 Å². The van der Waals surface area contributed by atoms with Crippen LogP contribution in [0.25, 0.3) is 0 Å². The zero-order valence-corrected chi connectivity index (χ0v) is 10.8. The van der Waals surface area contributed by atoms with Crippen molar-refractivity contribution < 1.29 is 8.42 Å². The van der Waals surface area contributed by atoms with E-state index >= 15 is 0 Å². The molecule has 0 aromatic carbocycles. The summed E-state index contributed by atoms with van der Waals surface area (Å²) in [5.74, 6) is 0. The lowest BCUT2D eigenvalue weighted by atomic mass is 10.1. The summed E-state index contributed by atoms with van der Waals surface area (Å²) < 4.78 is 28.0. The summed E-state index contributed by atoms with van der Waals surface area (Å²) in [6.45, 7) is 8.28. The van der Waals surface area contributed by atoms with Gasteiger partial charge in [0.15, 0.2) is 0 Å². The molecule has 0 spiro atoms. The van der Waals surface area contributed by atoms with Crippen molar-refractivity contribution in [1.82, 2.24) is 13.9 Å². The lowest BCUT2D eigenvalue weighted by molar-refractivity contribution is 0.219. The van der Waals surface area contributed by atoms with Crippen LogP contribution in [-0.4, -0.2) is 56.4 Å². The number of nitrogens with zero attached hydrogens (tertiary/aromatic N) is 2. The number of rotatable bonds is 2. The molecular weight excluding hydrogens is 214 g/mol. The van der Waals surface area contributed by atoms with Crippen molar-refractivity contribution in [3.8, 4) is 0 Å². The lowest BCUT2D eigenvalue weighted by Gasteiger charge is -2.33. The maximum absolute atomic E-state index is 11.9. The number of nitrogens with one attached hydrogen (secondary N) is 1. The maximum atomic E-state index is 11.9. The van der Waals surface area contributed by atoms with Gasteiger partial charge in [-0.1, -0.05) is 0 Å². The van der Waals surface area contributed by atoms with Gasteiger partial charge in [-0.15, -0.1) is 0 Å². The Morgan fingerprint density at radius 1 is 1.07 bits per heavy atom. The second kappa shape index (κ2) is 4.37. The highest BCUT2D eigenvalue weighted by Crippen LogP contribution is 2.09. The van der Waals surface area contributed by atoms with Crippen LogP contribution >= 0.6 is 0 Å². The molecule has 1 fully saturated rings. The fraction of sp³-hybridized carbons (Fsp3) is 1.00. The summed E-state index contributed by atoms with van der Waals surface area (Å²) >= 11 is 0. The summed E-state index contributed by atoms with van der Waals surface area (Å²) in [6.07, 6.45) is 0. The predicted molar refractivity (Wildman–Crippen MR) is 60.9 cm³/mol. The van der Waals surface area contributed by atoms with Crippen molar-refractivity contribution in [1.29, 1.82) is 0 Å². The van der Waals surface area contributed by atoms with Crippen molar-refractivity contribution in [3.05, 3.63) is 0 Å². The third-order valence-corrected chi connectivity index (χ3v) is 4.15. The van der Waals surface area contributed by atoms with Crippen molar-refractivity contribution in [2.75, 3.05) is 33.2 Å². The summed E-state index contributed by atoms with van der Waals surface area (Å²) in [5, 5.41) is 0. The predicted octanol–water partition coefficient (Wildman–Crippen LogP) is -0.133. The van der Waals surface area contributed by atoms with Crippen LogP contribution < -0.4 is 4.72 Å². The van der Waals surface area contributed by atoms with Crippen LogP contribution in [0.1, 0.15) is 20.8 Å². The van der Waals surface area contributed by atoms with Gasteiger partial charge in [-0.25, -0.2) is 0 Å². The molecule has 1 rings (SSSR count). The molecule has 0 atom stereocenters. The minimum Gasteiger partial charge on any atom is -0.304 e. The molecule has 90 valence electrons. The zero-order chi connectivity index (χ0) is 11.7. The molecule has 0 unspecified atom stereocenters. The SMILES string of the molecule is CN1CCN(S(=O)(=O)NC(C)(C)C)CC1. The molecule has 0 saturated carbocycles. The van der Waals surface area contributed by atoms with Crippen LogP contribution in [0, 0.1) is 0 Å². The van der Waals surface area contributed by atoms with Gasteiger partial charge in [0.05, 0.1) is 0 Å². The van der Waals surface area contributed by atoms with E-state index in [2.05, 4.69) is 9.62 Å². The van der Waals surface area contributed by atoms with E-state index in [1.807, 2.05) is 27.8 Å². The summed E-state index contributed by atoms with van der Waals surface area (Å²) in [7, 11) is -1.31. The normalized spacial score (nSPS) is 21.9. The Morgan fingerprint density at radius 3 is 1.93 bits per heavy atom. The molecule has 5 nitrogen and oxygen atoms in total. The molecule has 0 aliphatic carbocycles. The monoisotopic (exact) mass is 235 g/mol. The molecule has 1 N–H and O–H groups in total. The highest BCUT2D eigenvalue weighted by atomic mass is 32.2. The fourth-order valence-electron chi connectivity index (χ4n) is 1.48. The summed E-state index contributed by atoms with van der Waals surface area (Å²) in [6, 6.07) is 0. The molecule has 0 aromatic rings. The van der Waals surface area contributed by atoms with Gasteiger partial charge in [0, 0.05) is 31.7 Å². The standard InChI is InChI=1S/C9H21N3O2S/c1-9(2,3)10-15(13,14)12-7-5-11(4)6-8-12/h10H,5-8H2,1-4H3. The number of piperazine rings is 1. The highest BCUT2D eigenvalue weighted by Gasteiger charge is 2.28. The van der Waals surface area contributed by atoms with Gasteiger partial charge in [-0.2, -0.15) is 17.4 Å². The fourth-order valence-corrected chi connectivity index (χ4v) is 3.03. The van der Waals surface area contributed by atoms with E-state index in [4.69, 9.17) is 0 Å². The topological polar surface area (TPSA) is 52.7 Å². The van der Waals surface area contributed by atoms with Gasteiger partial charge in [0.2, 0.25) is 0 Å². The van der Waals surface area contributed by atoms with E-state index in [0.717, 1.165) is 13.1 Å². The van der Waals surface area contributed by atoms with Crippen molar-refractivity contribution in [2.24, 2.45) is 0 Å². The number of hydrogen-bond acceptors (Lipinski definition) is 3. The van der Waals surface area contributed by atoms with E-state index in [1.54, 1.807) is 0 Å². The zero-order valence-electron chi connectivity index (χ0n) is 9.95. The van der Waals surface area contributed by atoms with Crippen LogP contribution in [0.4, 0.5) is 0 Å².